The summed E-state index contributed by atoms with van der Waals surface area (Å²) in [5.74, 6) is 0.810. The number of piperidine rings is 1. The second-order valence-electron chi connectivity index (χ2n) is 10.3. The normalized spacial score (nSPS) is 20.8. The van der Waals surface area contributed by atoms with Crippen molar-refractivity contribution in [3.63, 3.8) is 0 Å². The van der Waals surface area contributed by atoms with E-state index in [2.05, 4.69) is 68.5 Å². The zero-order valence-corrected chi connectivity index (χ0v) is 17.3. The number of rotatable bonds is 4. The van der Waals surface area contributed by atoms with E-state index in [0.29, 0.717) is 5.41 Å². The van der Waals surface area contributed by atoms with E-state index in [4.69, 9.17) is 4.98 Å². The number of likely N-dealkylation sites (tertiary alicyclic amines) is 1. The van der Waals surface area contributed by atoms with Crippen LogP contribution in [0.4, 0.5) is 0 Å². The lowest BCUT2D eigenvalue weighted by Crippen LogP contribution is -2.40. The molecule has 0 spiro atoms. The van der Waals surface area contributed by atoms with E-state index in [1.165, 1.54) is 49.9 Å². The molecule has 1 saturated carbocycles. The number of fused-ring (bicyclic) bond motifs is 1. The van der Waals surface area contributed by atoms with Crippen molar-refractivity contribution >= 4 is 11.0 Å². The van der Waals surface area contributed by atoms with Crippen molar-refractivity contribution in [3.8, 4) is 0 Å². The molecule has 1 saturated heterocycles. The Hall–Kier alpha value is -1.35. The van der Waals surface area contributed by atoms with Crippen LogP contribution in [0.25, 0.3) is 11.0 Å². The van der Waals surface area contributed by atoms with Crippen LogP contribution in [0.3, 0.4) is 0 Å². The van der Waals surface area contributed by atoms with E-state index in [1.807, 2.05) is 0 Å². The van der Waals surface area contributed by atoms with Crippen LogP contribution in [0.15, 0.2) is 24.4 Å². The van der Waals surface area contributed by atoms with E-state index < -0.39 is 0 Å². The molecule has 0 N–H and O–H groups in total. The molecule has 26 heavy (non-hydrogen) atoms. The minimum absolute atomic E-state index is 0.0680. The van der Waals surface area contributed by atoms with Crippen molar-refractivity contribution in [2.45, 2.75) is 78.3 Å². The Morgan fingerprint density at radius 2 is 1.65 bits per heavy atom. The maximum absolute atomic E-state index is 5.09. The van der Waals surface area contributed by atoms with Crippen LogP contribution in [0.5, 0.6) is 0 Å². The van der Waals surface area contributed by atoms with Gasteiger partial charge in [-0.15, -0.1) is 0 Å². The summed E-state index contributed by atoms with van der Waals surface area (Å²) in [4.78, 5) is 7.82. The zero-order chi connectivity index (χ0) is 18.5. The fourth-order valence-corrected chi connectivity index (χ4v) is 4.78. The van der Waals surface area contributed by atoms with E-state index in [-0.39, 0.29) is 5.54 Å². The smallest absolute Gasteiger partial charge is 0.140 e. The Morgan fingerprint density at radius 3 is 2.27 bits per heavy atom. The van der Waals surface area contributed by atoms with Crippen molar-refractivity contribution in [2.24, 2.45) is 11.3 Å². The van der Waals surface area contributed by atoms with Gasteiger partial charge in [0.1, 0.15) is 5.65 Å². The van der Waals surface area contributed by atoms with Crippen LogP contribution in [0, 0.1) is 11.3 Å². The topological polar surface area (TPSA) is 21.1 Å². The highest BCUT2D eigenvalue weighted by Crippen LogP contribution is 2.40. The Labute approximate surface area is 158 Å². The zero-order valence-electron chi connectivity index (χ0n) is 17.3. The van der Waals surface area contributed by atoms with E-state index >= 15 is 0 Å². The molecule has 142 valence electrons. The highest BCUT2D eigenvalue weighted by Gasteiger charge is 2.37. The van der Waals surface area contributed by atoms with Crippen LogP contribution in [-0.4, -0.2) is 33.6 Å². The number of hydrogen-bond acceptors (Lipinski definition) is 2. The first-order valence-electron chi connectivity index (χ1n) is 10.5. The quantitative estimate of drug-likeness (QED) is 0.750. The van der Waals surface area contributed by atoms with Crippen molar-refractivity contribution in [3.05, 3.63) is 30.1 Å². The van der Waals surface area contributed by atoms with Crippen molar-refractivity contribution < 1.29 is 0 Å². The Kier molecular flexibility index (Phi) is 4.42. The Bertz CT molecular complexity index is 768. The highest BCUT2D eigenvalue weighted by atomic mass is 15.2. The average molecular weight is 354 g/mol. The predicted molar refractivity (Wildman–Crippen MR) is 110 cm³/mol. The molecule has 3 heterocycles. The molecule has 0 unspecified atom stereocenters. The number of aromatic nitrogens is 2. The molecule has 0 radical (unpaired) electrons. The van der Waals surface area contributed by atoms with Gasteiger partial charge < -0.3 is 9.47 Å². The Morgan fingerprint density at radius 1 is 0.962 bits per heavy atom. The maximum Gasteiger partial charge on any atom is 0.140 e. The van der Waals surface area contributed by atoms with Crippen LogP contribution in [0.2, 0.25) is 0 Å². The third-order valence-corrected chi connectivity index (χ3v) is 6.65. The molecular formula is C23H35N3. The van der Waals surface area contributed by atoms with E-state index in [1.54, 1.807) is 0 Å². The van der Waals surface area contributed by atoms with Crippen LogP contribution in [-0.2, 0) is 12.0 Å². The predicted octanol–water partition coefficient (Wildman–Crippen LogP) is 5.23. The fourth-order valence-electron chi connectivity index (χ4n) is 4.78. The number of pyridine rings is 1. The SMILES string of the molecule is CC(C)(Cc1ccc2ccn(C(C)(C)C)c2n1)C1CCN(C2CC2)CC1. The summed E-state index contributed by atoms with van der Waals surface area (Å²) in [6, 6.07) is 7.62. The lowest BCUT2D eigenvalue weighted by atomic mass is 9.71. The largest absolute Gasteiger partial charge is 0.327 e. The first-order chi connectivity index (χ1) is 12.2. The first-order valence-corrected chi connectivity index (χ1v) is 10.5. The highest BCUT2D eigenvalue weighted by molar-refractivity contribution is 5.76. The summed E-state index contributed by atoms with van der Waals surface area (Å²) >= 11 is 0. The molecule has 2 fully saturated rings. The summed E-state index contributed by atoms with van der Waals surface area (Å²) < 4.78 is 2.31. The number of nitrogens with zero attached hydrogens (tertiary/aromatic N) is 3. The van der Waals surface area contributed by atoms with Gasteiger partial charge in [-0.1, -0.05) is 13.8 Å². The van der Waals surface area contributed by atoms with Gasteiger partial charge in [-0.25, -0.2) is 4.98 Å². The van der Waals surface area contributed by atoms with Crippen molar-refractivity contribution in [1.29, 1.82) is 0 Å². The Balaban J connectivity index is 1.50. The van der Waals surface area contributed by atoms with Gasteiger partial charge in [0, 0.05) is 28.9 Å². The van der Waals surface area contributed by atoms with Gasteiger partial charge in [-0.3, -0.25) is 0 Å². The molecule has 1 aliphatic carbocycles. The summed E-state index contributed by atoms with van der Waals surface area (Å²) in [7, 11) is 0. The maximum atomic E-state index is 5.09. The second kappa shape index (κ2) is 6.37. The molecule has 3 heteroatoms. The fraction of sp³-hybridized carbons (Fsp3) is 0.696. The molecule has 0 amide bonds. The third-order valence-electron chi connectivity index (χ3n) is 6.65. The van der Waals surface area contributed by atoms with Gasteiger partial charge in [0.25, 0.3) is 0 Å². The summed E-state index contributed by atoms with van der Waals surface area (Å²) in [6.45, 7) is 14.3. The van der Waals surface area contributed by atoms with Gasteiger partial charge >= 0.3 is 0 Å². The standard InChI is InChI=1S/C23H35N3/c1-22(2,3)26-15-10-17-6-7-19(24-21(17)26)16-23(4,5)18-11-13-25(14-12-18)20-8-9-20/h6-7,10,15,18,20H,8-9,11-14,16H2,1-5H3. The molecule has 4 rings (SSSR count). The van der Waals surface area contributed by atoms with Gasteiger partial charge in [-0.2, -0.15) is 0 Å². The average Bonchev–Trinajstić information content (AvgIpc) is 3.33. The molecule has 2 aliphatic rings. The van der Waals surface area contributed by atoms with Gasteiger partial charge in [0.2, 0.25) is 0 Å². The van der Waals surface area contributed by atoms with Gasteiger partial charge in [0.15, 0.2) is 0 Å². The molecule has 0 bridgehead atoms. The lowest BCUT2D eigenvalue weighted by molar-refractivity contribution is 0.0953. The summed E-state index contributed by atoms with van der Waals surface area (Å²) in [6.07, 6.45) is 8.83. The minimum Gasteiger partial charge on any atom is -0.327 e. The van der Waals surface area contributed by atoms with Crippen molar-refractivity contribution in [1.82, 2.24) is 14.5 Å². The minimum atomic E-state index is 0.0680. The molecular weight excluding hydrogens is 318 g/mol. The van der Waals surface area contributed by atoms with Gasteiger partial charge in [0.05, 0.1) is 0 Å². The summed E-state index contributed by atoms with van der Waals surface area (Å²) in [5.41, 5.74) is 2.76. The second-order valence-corrected chi connectivity index (χ2v) is 10.3. The molecule has 0 aromatic carbocycles. The molecule has 3 nitrogen and oxygen atoms in total. The van der Waals surface area contributed by atoms with E-state index in [0.717, 1.165) is 24.0 Å². The summed E-state index contributed by atoms with van der Waals surface area (Å²) in [5, 5.41) is 1.25. The lowest BCUT2D eigenvalue weighted by Gasteiger charge is -2.41. The molecule has 0 atom stereocenters. The molecule has 2 aromatic rings. The third kappa shape index (κ3) is 3.55. The first kappa shape index (κ1) is 18.0. The molecule has 1 aliphatic heterocycles. The van der Waals surface area contributed by atoms with E-state index in [9.17, 15) is 0 Å². The number of hydrogen-bond donors (Lipinski definition) is 0. The van der Waals surface area contributed by atoms with Crippen LogP contribution >= 0.6 is 0 Å². The van der Waals surface area contributed by atoms with Crippen LogP contribution in [0.1, 0.15) is 66.0 Å². The monoisotopic (exact) mass is 353 g/mol. The van der Waals surface area contributed by atoms with Gasteiger partial charge in [-0.05, 0) is 95.5 Å². The molecule has 2 aromatic heterocycles. The van der Waals surface area contributed by atoms with Crippen LogP contribution < -0.4 is 0 Å². The van der Waals surface area contributed by atoms with Crippen molar-refractivity contribution in [2.75, 3.05) is 13.1 Å².